The summed E-state index contributed by atoms with van der Waals surface area (Å²) in [6.45, 7) is 4.75. The van der Waals surface area contributed by atoms with E-state index in [9.17, 15) is 9.59 Å². The Morgan fingerprint density at radius 2 is 1.73 bits per heavy atom. The van der Waals surface area contributed by atoms with Gasteiger partial charge in [0.1, 0.15) is 0 Å². The van der Waals surface area contributed by atoms with Gasteiger partial charge >= 0.3 is 5.97 Å². The van der Waals surface area contributed by atoms with Gasteiger partial charge in [-0.1, -0.05) is 35.7 Å². The maximum atomic E-state index is 12.5. The highest BCUT2D eigenvalue weighted by Gasteiger charge is 2.51. The fourth-order valence-electron chi connectivity index (χ4n) is 2.97. The van der Waals surface area contributed by atoms with Crippen LogP contribution >= 0.6 is 0 Å². The number of carbonyl (C=O) groups excluding carboxylic acids is 1. The monoisotopic (exact) mass is 303 g/mol. The van der Waals surface area contributed by atoms with Crippen LogP contribution in [0, 0.1) is 13.8 Å². The van der Waals surface area contributed by atoms with Crippen molar-refractivity contribution in [3.05, 3.63) is 34.9 Å². The minimum absolute atomic E-state index is 0.121. The van der Waals surface area contributed by atoms with Gasteiger partial charge in [0.25, 0.3) is 0 Å². The first-order chi connectivity index (χ1) is 10.4. The molecule has 4 nitrogen and oxygen atoms in total. The Morgan fingerprint density at radius 1 is 1.09 bits per heavy atom. The Bertz CT molecular complexity index is 541. The minimum atomic E-state index is -0.754. The Hall–Kier alpha value is -1.84. The molecule has 0 aliphatic heterocycles. The van der Waals surface area contributed by atoms with Crippen molar-refractivity contribution in [1.29, 1.82) is 0 Å². The summed E-state index contributed by atoms with van der Waals surface area (Å²) < 4.78 is 0. The zero-order valence-corrected chi connectivity index (χ0v) is 13.4. The van der Waals surface area contributed by atoms with Gasteiger partial charge in [-0.2, -0.15) is 0 Å². The summed E-state index contributed by atoms with van der Waals surface area (Å²) in [7, 11) is 0. The molecule has 0 bridgehead atoms. The minimum Gasteiger partial charge on any atom is -0.481 e. The summed E-state index contributed by atoms with van der Waals surface area (Å²) >= 11 is 0. The molecule has 1 aliphatic carbocycles. The van der Waals surface area contributed by atoms with E-state index in [1.165, 1.54) is 11.1 Å². The summed E-state index contributed by atoms with van der Waals surface area (Å²) in [4.78, 5) is 22.9. The number of carboxylic acid groups (broad SMARTS) is 1. The number of carboxylic acids is 1. The molecule has 1 aromatic carbocycles. The number of nitrogens with one attached hydrogen (secondary N) is 1. The third-order valence-electron chi connectivity index (χ3n) is 4.31. The second-order valence-electron chi connectivity index (χ2n) is 6.42. The van der Waals surface area contributed by atoms with Crippen LogP contribution in [0.3, 0.4) is 0 Å². The Morgan fingerprint density at radius 3 is 2.27 bits per heavy atom. The fourth-order valence-corrected chi connectivity index (χ4v) is 2.97. The van der Waals surface area contributed by atoms with Crippen LogP contribution < -0.4 is 5.32 Å². The Labute approximate surface area is 131 Å². The summed E-state index contributed by atoms with van der Waals surface area (Å²) in [5.74, 6) is -0.633. The molecule has 2 rings (SSSR count). The van der Waals surface area contributed by atoms with Crippen molar-refractivity contribution in [2.75, 3.05) is 6.54 Å². The molecule has 1 amide bonds. The van der Waals surface area contributed by atoms with Crippen molar-refractivity contribution in [2.45, 2.75) is 57.8 Å². The molecule has 1 aliphatic rings. The maximum absolute atomic E-state index is 12.5. The molecule has 0 aromatic heterocycles. The summed E-state index contributed by atoms with van der Waals surface area (Å²) in [6.07, 6.45) is 4.39. The van der Waals surface area contributed by atoms with E-state index in [1.807, 2.05) is 0 Å². The van der Waals surface area contributed by atoms with Gasteiger partial charge in [0, 0.05) is 13.0 Å². The van der Waals surface area contributed by atoms with E-state index in [0.29, 0.717) is 13.0 Å². The second-order valence-corrected chi connectivity index (χ2v) is 6.42. The van der Waals surface area contributed by atoms with Gasteiger partial charge in [-0.3, -0.25) is 9.59 Å². The molecule has 0 spiro atoms. The molecule has 0 radical (unpaired) electrons. The highest BCUT2D eigenvalue weighted by Crippen LogP contribution is 2.48. The number of rotatable bonds is 8. The first-order valence-electron chi connectivity index (χ1n) is 8.03. The number of hydrogen-bond acceptors (Lipinski definition) is 2. The van der Waals surface area contributed by atoms with Gasteiger partial charge in [-0.15, -0.1) is 0 Å². The van der Waals surface area contributed by atoms with Crippen LogP contribution in [-0.2, 0) is 15.0 Å². The van der Waals surface area contributed by atoms with E-state index < -0.39 is 5.97 Å². The average molecular weight is 303 g/mol. The third-order valence-corrected chi connectivity index (χ3v) is 4.31. The topological polar surface area (TPSA) is 66.4 Å². The molecule has 0 saturated heterocycles. The molecule has 4 heteroatoms. The lowest BCUT2D eigenvalue weighted by Crippen LogP contribution is -2.35. The van der Waals surface area contributed by atoms with E-state index in [4.69, 9.17) is 5.11 Å². The second kappa shape index (κ2) is 6.95. The van der Waals surface area contributed by atoms with Crippen LogP contribution in [0.25, 0.3) is 0 Å². The van der Waals surface area contributed by atoms with Gasteiger partial charge in [0.15, 0.2) is 0 Å². The van der Waals surface area contributed by atoms with Gasteiger partial charge in [-0.25, -0.2) is 0 Å². The van der Waals surface area contributed by atoms with Gasteiger partial charge in [-0.05, 0) is 45.1 Å². The highest BCUT2D eigenvalue weighted by molar-refractivity contribution is 5.91. The van der Waals surface area contributed by atoms with Crippen LogP contribution in [0.4, 0.5) is 0 Å². The van der Waals surface area contributed by atoms with Crippen molar-refractivity contribution in [2.24, 2.45) is 0 Å². The van der Waals surface area contributed by atoms with Crippen LogP contribution in [0.2, 0.25) is 0 Å². The number of carbonyl (C=O) groups is 2. The number of unbranched alkanes of at least 4 members (excludes halogenated alkanes) is 2. The number of hydrogen-bond donors (Lipinski definition) is 2. The first kappa shape index (κ1) is 16.5. The van der Waals surface area contributed by atoms with E-state index in [2.05, 4.69) is 37.4 Å². The molecule has 0 unspecified atom stereocenters. The summed E-state index contributed by atoms with van der Waals surface area (Å²) in [6, 6.07) is 6.36. The first-order valence-corrected chi connectivity index (χ1v) is 8.03. The lowest BCUT2D eigenvalue weighted by atomic mass is 9.92. The zero-order chi connectivity index (χ0) is 16.2. The molecule has 22 heavy (non-hydrogen) atoms. The predicted molar refractivity (Wildman–Crippen MR) is 85.9 cm³/mol. The van der Waals surface area contributed by atoms with E-state index in [1.54, 1.807) is 0 Å². The molecule has 1 aromatic rings. The van der Waals surface area contributed by atoms with Crippen molar-refractivity contribution >= 4 is 11.9 Å². The van der Waals surface area contributed by atoms with Crippen LogP contribution in [0.5, 0.6) is 0 Å². The molecule has 0 atom stereocenters. The smallest absolute Gasteiger partial charge is 0.303 e. The van der Waals surface area contributed by atoms with Crippen molar-refractivity contribution in [3.8, 4) is 0 Å². The number of amides is 1. The lowest BCUT2D eigenvalue weighted by molar-refractivity contribution is -0.137. The Balaban J connectivity index is 1.83. The molecular weight excluding hydrogens is 278 g/mol. The number of benzene rings is 1. The average Bonchev–Trinajstić information content (AvgIpc) is 3.22. The van der Waals surface area contributed by atoms with E-state index in [-0.39, 0.29) is 17.7 Å². The van der Waals surface area contributed by atoms with Gasteiger partial charge in [0.2, 0.25) is 5.91 Å². The quantitative estimate of drug-likeness (QED) is 0.725. The normalized spacial score (nSPS) is 15.4. The van der Waals surface area contributed by atoms with Crippen LogP contribution in [-0.4, -0.2) is 23.5 Å². The molecule has 120 valence electrons. The van der Waals surface area contributed by atoms with Crippen molar-refractivity contribution in [3.63, 3.8) is 0 Å². The largest absolute Gasteiger partial charge is 0.481 e. The van der Waals surface area contributed by atoms with Crippen molar-refractivity contribution < 1.29 is 14.7 Å². The lowest BCUT2D eigenvalue weighted by Gasteiger charge is -2.17. The summed E-state index contributed by atoms with van der Waals surface area (Å²) in [5.41, 5.74) is 3.21. The van der Waals surface area contributed by atoms with Gasteiger partial charge in [0.05, 0.1) is 5.41 Å². The Kier molecular flexibility index (Phi) is 5.22. The zero-order valence-electron chi connectivity index (χ0n) is 13.4. The van der Waals surface area contributed by atoms with E-state index >= 15 is 0 Å². The number of aliphatic carboxylic acids is 1. The predicted octanol–water partition coefficient (Wildman–Crippen LogP) is 3.10. The van der Waals surface area contributed by atoms with E-state index in [0.717, 1.165) is 31.2 Å². The fraction of sp³-hybridized carbons (Fsp3) is 0.556. The van der Waals surface area contributed by atoms with Crippen LogP contribution in [0.15, 0.2) is 18.2 Å². The standard InChI is InChI=1S/C18H25NO3/c1-13-10-14(2)12-15(11-13)18(7-8-18)17(22)19-9-5-3-4-6-16(20)21/h10-12H,3-9H2,1-2H3,(H,19,22)(H,20,21). The van der Waals surface area contributed by atoms with Crippen LogP contribution in [0.1, 0.15) is 55.2 Å². The molecular formula is C18H25NO3. The molecule has 2 N–H and O–H groups in total. The van der Waals surface area contributed by atoms with Gasteiger partial charge < -0.3 is 10.4 Å². The summed E-state index contributed by atoms with van der Waals surface area (Å²) in [5, 5.41) is 11.6. The molecule has 0 heterocycles. The highest BCUT2D eigenvalue weighted by atomic mass is 16.4. The molecule has 1 fully saturated rings. The maximum Gasteiger partial charge on any atom is 0.303 e. The SMILES string of the molecule is Cc1cc(C)cc(C2(C(=O)NCCCCCC(=O)O)CC2)c1. The van der Waals surface area contributed by atoms with Crippen molar-refractivity contribution in [1.82, 2.24) is 5.32 Å². The molecule has 1 saturated carbocycles. The number of aryl methyl sites for hydroxylation is 2. The third kappa shape index (κ3) is 4.09.